The molecule has 0 aliphatic carbocycles. The number of nitrogens with one attached hydrogen (secondary N) is 1. The van der Waals surface area contributed by atoms with Crippen molar-refractivity contribution in [2.45, 2.75) is 11.8 Å². The standard InChI is InChI=1S/C21H26N2O5S/c1-17(24)18-3-9-21(10-4-18)29(25,26)23-13-11-22(12-14-23)15-16-28-20-7-5-19(27-2)6-8-20/h3-10H,11-16H2,1-2H3/p+1. The minimum Gasteiger partial charge on any atom is -0.497 e. The summed E-state index contributed by atoms with van der Waals surface area (Å²) in [5.74, 6) is 1.50. The summed E-state index contributed by atoms with van der Waals surface area (Å²) in [6.07, 6.45) is 0. The average Bonchev–Trinajstić information content (AvgIpc) is 2.74. The summed E-state index contributed by atoms with van der Waals surface area (Å²) >= 11 is 0. The molecule has 0 aromatic heterocycles. The molecular formula is C21H27N2O5S+. The Kier molecular flexibility index (Phi) is 6.89. The summed E-state index contributed by atoms with van der Waals surface area (Å²) in [4.78, 5) is 12.9. The number of piperazine rings is 1. The number of sulfonamides is 1. The van der Waals surface area contributed by atoms with Crippen LogP contribution >= 0.6 is 0 Å². The van der Waals surface area contributed by atoms with Gasteiger partial charge in [-0.3, -0.25) is 4.79 Å². The summed E-state index contributed by atoms with van der Waals surface area (Å²) in [6, 6.07) is 13.6. The van der Waals surface area contributed by atoms with Crippen molar-refractivity contribution in [3.63, 3.8) is 0 Å². The lowest BCUT2D eigenvalue weighted by Gasteiger charge is -2.31. The molecule has 8 heteroatoms. The predicted octanol–water partition coefficient (Wildman–Crippen LogP) is 0.866. The summed E-state index contributed by atoms with van der Waals surface area (Å²) in [7, 11) is -1.91. The lowest BCUT2D eigenvalue weighted by Crippen LogP contribution is -3.15. The minimum absolute atomic E-state index is 0.0805. The zero-order valence-corrected chi connectivity index (χ0v) is 17.6. The first kappa shape index (κ1) is 21.3. The highest BCUT2D eigenvalue weighted by Gasteiger charge is 2.30. The van der Waals surface area contributed by atoms with Crippen LogP contribution in [0.25, 0.3) is 0 Å². The lowest BCUT2D eigenvalue weighted by atomic mass is 10.2. The Labute approximate surface area is 171 Å². The second-order valence-electron chi connectivity index (χ2n) is 7.01. The molecule has 0 amide bonds. The number of Topliss-reactive ketones (excluding diaryl/α,β-unsaturated/α-hetero) is 1. The van der Waals surface area contributed by atoms with Gasteiger partial charge >= 0.3 is 0 Å². The molecule has 2 aromatic carbocycles. The van der Waals surface area contributed by atoms with Crippen LogP contribution in [0.2, 0.25) is 0 Å². The molecule has 156 valence electrons. The minimum atomic E-state index is -3.53. The molecule has 0 saturated carbocycles. The molecule has 0 spiro atoms. The maximum Gasteiger partial charge on any atom is 0.243 e. The SMILES string of the molecule is COc1ccc(OCC[NH+]2CCN(S(=O)(=O)c3ccc(C(C)=O)cc3)CC2)cc1. The lowest BCUT2D eigenvalue weighted by molar-refractivity contribution is -0.903. The maximum atomic E-state index is 12.8. The molecule has 0 radical (unpaired) electrons. The van der Waals surface area contributed by atoms with Gasteiger partial charge in [0.1, 0.15) is 24.7 Å². The molecule has 1 aliphatic heterocycles. The molecule has 1 saturated heterocycles. The van der Waals surface area contributed by atoms with Crippen molar-refractivity contribution in [2.75, 3.05) is 46.4 Å². The van der Waals surface area contributed by atoms with E-state index in [-0.39, 0.29) is 10.7 Å². The Morgan fingerprint density at radius 3 is 2.14 bits per heavy atom. The number of quaternary nitrogens is 1. The van der Waals surface area contributed by atoms with E-state index in [0.717, 1.165) is 31.1 Å². The monoisotopic (exact) mass is 419 g/mol. The fraction of sp³-hybridized carbons (Fsp3) is 0.381. The number of hydrogen-bond donors (Lipinski definition) is 1. The second kappa shape index (κ2) is 9.39. The maximum absolute atomic E-state index is 12.8. The van der Waals surface area contributed by atoms with Crippen molar-refractivity contribution in [3.8, 4) is 11.5 Å². The molecule has 7 nitrogen and oxygen atoms in total. The van der Waals surface area contributed by atoms with Gasteiger partial charge < -0.3 is 14.4 Å². The van der Waals surface area contributed by atoms with Crippen LogP contribution in [-0.2, 0) is 10.0 Å². The topological polar surface area (TPSA) is 77.3 Å². The van der Waals surface area contributed by atoms with Crippen LogP contribution in [0, 0.1) is 0 Å². The molecule has 2 aromatic rings. The summed E-state index contributed by atoms with van der Waals surface area (Å²) in [5.41, 5.74) is 0.509. The van der Waals surface area contributed by atoms with Crippen molar-refractivity contribution in [1.82, 2.24) is 4.31 Å². The third kappa shape index (κ3) is 5.35. The number of ketones is 1. The van der Waals surface area contributed by atoms with Crippen LogP contribution < -0.4 is 14.4 Å². The largest absolute Gasteiger partial charge is 0.497 e. The predicted molar refractivity (Wildman–Crippen MR) is 109 cm³/mol. The third-order valence-corrected chi connectivity index (χ3v) is 7.02. The number of carbonyl (C=O) groups is 1. The molecule has 3 rings (SSSR count). The van der Waals surface area contributed by atoms with Crippen LogP contribution in [-0.4, -0.2) is 64.9 Å². The molecular weight excluding hydrogens is 392 g/mol. The number of methoxy groups -OCH3 is 1. The van der Waals surface area contributed by atoms with Crippen LogP contribution in [0.1, 0.15) is 17.3 Å². The number of benzene rings is 2. The van der Waals surface area contributed by atoms with Crippen molar-refractivity contribution in [2.24, 2.45) is 0 Å². The third-order valence-electron chi connectivity index (χ3n) is 5.11. The van der Waals surface area contributed by atoms with E-state index in [1.54, 1.807) is 19.2 Å². The normalized spacial score (nSPS) is 15.8. The van der Waals surface area contributed by atoms with Gasteiger partial charge in [0.25, 0.3) is 0 Å². The first-order valence-electron chi connectivity index (χ1n) is 9.62. The highest BCUT2D eigenvalue weighted by atomic mass is 32.2. The van der Waals surface area contributed by atoms with E-state index in [9.17, 15) is 13.2 Å². The number of rotatable bonds is 8. The zero-order valence-electron chi connectivity index (χ0n) is 16.8. The van der Waals surface area contributed by atoms with E-state index in [2.05, 4.69) is 0 Å². The smallest absolute Gasteiger partial charge is 0.243 e. The van der Waals surface area contributed by atoms with Crippen LogP contribution in [0.3, 0.4) is 0 Å². The number of nitrogens with zero attached hydrogens (tertiary/aromatic N) is 1. The highest BCUT2D eigenvalue weighted by Crippen LogP contribution is 2.17. The Morgan fingerprint density at radius 1 is 1.00 bits per heavy atom. The second-order valence-corrected chi connectivity index (χ2v) is 8.95. The fourth-order valence-electron chi connectivity index (χ4n) is 3.29. The van der Waals surface area contributed by atoms with E-state index in [1.807, 2.05) is 24.3 Å². The Morgan fingerprint density at radius 2 is 1.59 bits per heavy atom. The van der Waals surface area contributed by atoms with Gasteiger partial charge in [-0.2, -0.15) is 4.31 Å². The van der Waals surface area contributed by atoms with E-state index >= 15 is 0 Å². The van der Waals surface area contributed by atoms with Gasteiger partial charge in [-0.05, 0) is 43.3 Å². The van der Waals surface area contributed by atoms with E-state index in [1.165, 1.54) is 28.3 Å². The van der Waals surface area contributed by atoms with E-state index < -0.39 is 10.0 Å². The number of ether oxygens (including phenoxy) is 2. The summed E-state index contributed by atoms with van der Waals surface area (Å²) in [5, 5.41) is 0. The molecule has 0 bridgehead atoms. The Balaban J connectivity index is 1.48. The van der Waals surface area contributed by atoms with Gasteiger partial charge in [-0.25, -0.2) is 8.42 Å². The van der Waals surface area contributed by atoms with Crippen molar-refractivity contribution in [3.05, 3.63) is 54.1 Å². The van der Waals surface area contributed by atoms with Gasteiger partial charge in [-0.1, -0.05) is 12.1 Å². The molecule has 1 heterocycles. The van der Waals surface area contributed by atoms with Gasteiger partial charge in [0.15, 0.2) is 5.78 Å². The molecule has 29 heavy (non-hydrogen) atoms. The summed E-state index contributed by atoms with van der Waals surface area (Å²) < 4.78 is 38.1. The Bertz CT molecular complexity index is 919. The molecule has 0 atom stereocenters. The average molecular weight is 420 g/mol. The fourth-order valence-corrected chi connectivity index (χ4v) is 4.73. The number of carbonyl (C=O) groups excluding carboxylic acids is 1. The number of hydrogen-bond acceptors (Lipinski definition) is 5. The van der Waals surface area contributed by atoms with Crippen molar-refractivity contribution < 1.29 is 27.6 Å². The van der Waals surface area contributed by atoms with E-state index in [0.29, 0.717) is 25.3 Å². The van der Waals surface area contributed by atoms with Crippen LogP contribution in [0.4, 0.5) is 0 Å². The first-order chi connectivity index (χ1) is 13.9. The van der Waals surface area contributed by atoms with Gasteiger partial charge in [0, 0.05) is 5.56 Å². The molecule has 1 N–H and O–H groups in total. The molecule has 1 aliphatic rings. The van der Waals surface area contributed by atoms with Crippen LogP contribution in [0.15, 0.2) is 53.4 Å². The van der Waals surface area contributed by atoms with Gasteiger partial charge in [0.2, 0.25) is 10.0 Å². The molecule has 0 unspecified atom stereocenters. The zero-order chi connectivity index (χ0) is 20.9. The highest BCUT2D eigenvalue weighted by molar-refractivity contribution is 7.89. The van der Waals surface area contributed by atoms with Crippen molar-refractivity contribution in [1.29, 1.82) is 0 Å². The van der Waals surface area contributed by atoms with Gasteiger partial charge in [0.05, 0.1) is 38.2 Å². The van der Waals surface area contributed by atoms with Gasteiger partial charge in [-0.15, -0.1) is 0 Å². The van der Waals surface area contributed by atoms with Crippen molar-refractivity contribution >= 4 is 15.8 Å². The van der Waals surface area contributed by atoms with Crippen LogP contribution in [0.5, 0.6) is 11.5 Å². The van der Waals surface area contributed by atoms with E-state index in [4.69, 9.17) is 9.47 Å². The Hall–Kier alpha value is -2.42. The first-order valence-corrected chi connectivity index (χ1v) is 11.1. The quantitative estimate of drug-likeness (QED) is 0.643. The molecule has 1 fully saturated rings. The summed E-state index contributed by atoms with van der Waals surface area (Å²) in [6.45, 7) is 5.24.